The van der Waals surface area contributed by atoms with Gasteiger partial charge in [-0.25, -0.2) is 0 Å². The molecule has 0 bridgehead atoms. The SMILES string of the molecule is CCc1nnc2ccc(Br)cc2c1Cl. The van der Waals surface area contributed by atoms with Gasteiger partial charge in [0.2, 0.25) is 0 Å². The molecule has 0 amide bonds. The molecule has 0 aliphatic carbocycles. The van der Waals surface area contributed by atoms with E-state index in [0.29, 0.717) is 5.02 Å². The van der Waals surface area contributed by atoms with Crippen molar-refractivity contribution in [3.8, 4) is 0 Å². The van der Waals surface area contributed by atoms with E-state index in [1.54, 1.807) is 0 Å². The first-order valence-electron chi connectivity index (χ1n) is 4.32. The Bertz CT molecular complexity index is 485. The first kappa shape index (κ1) is 9.87. The van der Waals surface area contributed by atoms with E-state index in [2.05, 4.69) is 26.1 Å². The minimum Gasteiger partial charge on any atom is -0.153 e. The van der Waals surface area contributed by atoms with E-state index >= 15 is 0 Å². The van der Waals surface area contributed by atoms with Gasteiger partial charge in [-0.1, -0.05) is 34.5 Å². The highest BCUT2D eigenvalue weighted by atomic mass is 79.9. The molecule has 0 aliphatic heterocycles. The summed E-state index contributed by atoms with van der Waals surface area (Å²) in [5.74, 6) is 0. The van der Waals surface area contributed by atoms with Crippen LogP contribution in [0.4, 0.5) is 0 Å². The molecule has 0 aliphatic rings. The second kappa shape index (κ2) is 3.83. The first-order valence-corrected chi connectivity index (χ1v) is 5.49. The third kappa shape index (κ3) is 1.62. The Morgan fingerprint density at radius 2 is 2.14 bits per heavy atom. The van der Waals surface area contributed by atoms with E-state index in [0.717, 1.165) is 27.5 Å². The van der Waals surface area contributed by atoms with E-state index in [9.17, 15) is 0 Å². The molecule has 0 atom stereocenters. The number of fused-ring (bicyclic) bond motifs is 1. The van der Waals surface area contributed by atoms with Crippen molar-refractivity contribution in [3.05, 3.63) is 33.4 Å². The Kier molecular flexibility index (Phi) is 2.70. The van der Waals surface area contributed by atoms with E-state index < -0.39 is 0 Å². The monoisotopic (exact) mass is 270 g/mol. The fourth-order valence-corrected chi connectivity index (χ4v) is 1.99. The van der Waals surface area contributed by atoms with Crippen molar-refractivity contribution in [2.75, 3.05) is 0 Å². The highest BCUT2D eigenvalue weighted by molar-refractivity contribution is 9.10. The number of benzene rings is 1. The largest absolute Gasteiger partial charge is 0.153 e. The molecule has 0 radical (unpaired) electrons. The van der Waals surface area contributed by atoms with Crippen molar-refractivity contribution in [1.82, 2.24) is 10.2 Å². The number of nitrogens with zero attached hydrogens (tertiary/aromatic N) is 2. The highest BCUT2D eigenvalue weighted by Crippen LogP contribution is 2.26. The van der Waals surface area contributed by atoms with Gasteiger partial charge in [0, 0.05) is 9.86 Å². The smallest absolute Gasteiger partial charge is 0.0945 e. The van der Waals surface area contributed by atoms with Gasteiger partial charge in [0.05, 0.1) is 16.2 Å². The molecule has 2 aromatic rings. The van der Waals surface area contributed by atoms with Gasteiger partial charge in [0.1, 0.15) is 0 Å². The lowest BCUT2D eigenvalue weighted by Gasteiger charge is -2.03. The van der Waals surface area contributed by atoms with Crippen molar-refractivity contribution in [2.24, 2.45) is 0 Å². The molecule has 1 heterocycles. The highest BCUT2D eigenvalue weighted by Gasteiger charge is 2.06. The second-order valence-electron chi connectivity index (χ2n) is 2.98. The summed E-state index contributed by atoms with van der Waals surface area (Å²) in [4.78, 5) is 0. The summed E-state index contributed by atoms with van der Waals surface area (Å²) in [6, 6.07) is 5.79. The molecule has 4 heteroatoms. The van der Waals surface area contributed by atoms with E-state index in [1.165, 1.54) is 0 Å². The average Bonchev–Trinajstić information content (AvgIpc) is 2.20. The third-order valence-electron chi connectivity index (χ3n) is 2.06. The number of rotatable bonds is 1. The molecule has 0 spiro atoms. The summed E-state index contributed by atoms with van der Waals surface area (Å²) in [5, 5.41) is 9.81. The van der Waals surface area contributed by atoms with Crippen LogP contribution in [0.2, 0.25) is 5.02 Å². The maximum atomic E-state index is 6.19. The molecular formula is C10H8BrClN2. The van der Waals surface area contributed by atoms with Gasteiger partial charge < -0.3 is 0 Å². The van der Waals surface area contributed by atoms with Crippen LogP contribution in [0, 0.1) is 0 Å². The van der Waals surface area contributed by atoms with Crippen molar-refractivity contribution < 1.29 is 0 Å². The zero-order valence-electron chi connectivity index (χ0n) is 7.59. The molecule has 0 saturated carbocycles. The van der Waals surface area contributed by atoms with Gasteiger partial charge in [0.15, 0.2) is 0 Å². The Balaban J connectivity index is 2.79. The van der Waals surface area contributed by atoms with Crippen LogP contribution in [0.5, 0.6) is 0 Å². The predicted molar refractivity (Wildman–Crippen MR) is 61.6 cm³/mol. The molecule has 0 saturated heterocycles. The fraction of sp³-hybridized carbons (Fsp3) is 0.200. The number of aromatic nitrogens is 2. The lowest BCUT2D eigenvalue weighted by molar-refractivity contribution is 0.945. The van der Waals surface area contributed by atoms with E-state index in [-0.39, 0.29) is 0 Å². The second-order valence-corrected chi connectivity index (χ2v) is 4.27. The van der Waals surface area contributed by atoms with Crippen LogP contribution in [0.3, 0.4) is 0 Å². The number of hydrogen-bond donors (Lipinski definition) is 0. The minimum atomic E-state index is 0.707. The van der Waals surface area contributed by atoms with Crippen LogP contribution in [0.1, 0.15) is 12.6 Å². The summed E-state index contributed by atoms with van der Waals surface area (Å²) < 4.78 is 1.00. The molecule has 72 valence electrons. The summed E-state index contributed by atoms with van der Waals surface area (Å²) in [5.41, 5.74) is 1.67. The molecule has 2 rings (SSSR count). The average molecular weight is 272 g/mol. The van der Waals surface area contributed by atoms with Crippen LogP contribution in [-0.2, 0) is 6.42 Å². The quantitative estimate of drug-likeness (QED) is 0.792. The van der Waals surface area contributed by atoms with Gasteiger partial charge in [0.25, 0.3) is 0 Å². The molecule has 14 heavy (non-hydrogen) atoms. The predicted octanol–water partition coefficient (Wildman–Crippen LogP) is 3.61. The zero-order chi connectivity index (χ0) is 10.1. The minimum absolute atomic E-state index is 0.707. The van der Waals surface area contributed by atoms with Crippen molar-refractivity contribution in [1.29, 1.82) is 0 Å². The number of halogens is 2. The Morgan fingerprint density at radius 1 is 1.36 bits per heavy atom. The lowest BCUT2D eigenvalue weighted by Crippen LogP contribution is -1.93. The Hall–Kier alpha value is -0.670. The molecular weight excluding hydrogens is 263 g/mol. The van der Waals surface area contributed by atoms with Gasteiger partial charge in [-0.15, -0.1) is 0 Å². The van der Waals surface area contributed by atoms with E-state index in [1.807, 2.05) is 25.1 Å². The maximum absolute atomic E-state index is 6.19. The zero-order valence-corrected chi connectivity index (χ0v) is 9.93. The first-order chi connectivity index (χ1) is 6.72. The van der Waals surface area contributed by atoms with Gasteiger partial charge in [-0.2, -0.15) is 10.2 Å². The van der Waals surface area contributed by atoms with Gasteiger partial charge in [-0.05, 0) is 24.6 Å². The topological polar surface area (TPSA) is 25.8 Å². The molecule has 0 unspecified atom stereocenters. The Labute approximate surface area is 95.4 Å². The van der Waals surface area contributed by atoms with Crippen molar-refractivity contribution in [3.63, 3.8) is 0 Å². The van der Waals surface area contributed by atoms with Crippen LogP contribution < -0.4 is 0 Å². The summed E-state index contributed by atoms with van der Waals surface area (Å²) in [7, 11) is 0. The van der Waals surface area contributed by atoms with Crippen LogP contribution >= 0.6 is 27.5 Å². The maximum Gasteiger partial charge on any atom is 0.0945 e. The van der Waals surface area contributed by atoms with E-state index in [4.69, 9.17) is 11.6 Å². The summed E-state index contributed by atoms with van der Waals surface area (Å²) in [6.07, 6.45) is 0.800. The van der Waals surface area contributed by atoms with Gasteiger partial charge in [-0.3, -0.25) is 0 Å². The lowest BCUT2D eigenvalue weighted by atomic mass is 10.2. The molecule has 0 N–H and O–H groups in total. The summed E-state index contributed by atoms with van der Waals surface area (Å²) in [6.45, 7) is 2.01. The van der Waals surface area contributed by atoms with Crippen molar-refractivity contribution in [2.45, 2.75) is 13.3 Å². The third-order valence-corrected chi connectivity index (χ3v) is 2.98. The van der Waals surface area contributed by atoms with Crippen LogP contribution in [0.25, 0.3) is 10.9 Å². The molecule has 0 fully saturated rings. The number of hydrogen-bond acceptors (Lipinski definition) is 2. The molecule has 2 nitrogen and oxygen atoms in total. The normalized spacial score (nSPS) is 10.8. The van der Waals surface area contributed by atoms with Gasteiger partial charge >= 0.3 is 0 Å². The van der Waals surface area contributed by atoms with Crippen LogP contribution in [0.15, 0.2) is 22.7 Å². The fourth-order valence-electron chi connectivity index (χ4n) is 1.31. The van der Waals surface area contributed by atoms with Crippen molar-refractivity contribution >= 4 is 38.4 Å². The molecule has 1 aromatic carbocycles. The Morgan fingerprint density at radius 3 is 2.86 bits per heavy atom. The number of aryl methyl sites for hydroxylation is 1. The van der Waals surface area contributed by atoms with Crippen LogP contribution in [-0.4, -0.2) is 10.2 Å². The standard InChI is InChI=1S/C10H8BrClN2/c1-2-8-10(12)7-5-6(11)3-4-9(7)14-13-8/h3-5H,2H2,1H3. The summed E-state index contributed by atoms with van der Waals surface area (Å²) >= 11 is 9.60. The molecule has 1 aromatic heterocycles.